The molecule has 0 saturated carbocycles. The second-order valence-corrected chi connectivity index (χ2v) is 3.51. The Morgan fingerprint density at radius 2 is 2.00 bits per heavy atom. The first-order chi connectivity index (χ1) is 8.06. The summed E-state index contributed by atoms with van der Waals surface area (Å²) < 4.78 is 26.8. The highest BCUT2D eigenvalue weighted by molar-refractivity contribution is 5.58. The molecule has 1 heterocycles. The number of halogens is 2. The van der Waals surface area contributed by atoms with Crippen LogP contribution in [0.3, 0.4) is 0 Å². The maximum atomic E-state index is 13.5. The summed E-state index contributed by atoms with van der Waals surface area (Å²) in [4.78, 5) is 7.52. The zero-order valence-electron chi connectivity index (χ0n) is 9.04. The topological polar surface area (TPSA) is 63.8 Å². The highest BCUT2D eigenvalue weighted by atomic mass is 19.1. The van der Waals surface area contributed by atoms with E-state index in [2.05, 4.69) is 15.3 Å². The van der Waals surface area contributed by atoms with Gasteiger partial charge in [0.2, 0.25) is 5.95 Å². The normalized spacial score (nSPS) is 10.3. The van der Waals surface area contributed by atoms with E-state index in [-0.39, 0.29) is 17.2 Å². The molecule has 2 rings (SSSR count). The number of nitrogens with zero attached hydrogens (tertiary/aromatic N) is 2. The van der Waals surface area contributed by atoms with Crippen molar-refractivity contribution in [1.82, 2.24) is 9.97 Å². The minimum absolute atomic E-state index is 0.00574. The second kappa shape index (κ2) is 4.32. The van der Waals surface area contributed by atoms with Crippen LogP contribution in [0, 0.1) is 18.6 Å². The van der Waals surface area contributed by atoms with Gasteiger partial charge in [0.25, 0.3) is 0 Å². The van der Waals surface area contributed by atoms with Crippen molar-refractivity contribution in [3.05, 3.63) is 41.6 Å². The van der Waals surface area contributed by atoms with Gasteiger partial charge < -0.3 is 11.1 Å². The first-order valence-corrected chi connectivity index (χ1v) is 4.87. The van der Waals surface area contributed by atoms with Crippen LogP contribution in [-0.2, 0) is 0 Å². The maximum Gasteiger partial charge on any atom is 0.221 e. The van der Waals surface area contributed by atoms with Gasteiger partial charge in [-0.3, -0.25) is 0 Å². The highest BCUT2D eigenvalue weighted by Crippen LogP contribution is 2.21. The lowest BCUT2D eigenvalue weighted by atomic mass is 10.2. The Morgan fingerprint density at radius 1 is 1.24 bits per heavy atom. The van der Waals surface area contributed by atoms with E-state index < -0.39 is 11.6 Å². The SMILES string of the molecule is Cc1cc(F)c(Nc2ccnc(N)n2)cc1F. The number of rotatable bonds is 2. The van der Waals surface area contributed by atoms with E-state index in [0.29, 0.717) is 5.82 Å². The number of nitrogens with two attached hydrogens (primary N) is 1. The molecule has 0 aliphatic rings. The summed E-state index contributed by atoms with van der Waals surface area (Å²) in [6.07, 6.45) is 1.42. The molecule has 1 aromatic heterocycles. The molecule has 88 valence electrons. The fourth-order valence-corrected chi connectivity index (χ4v) is 1.32. The first kappa shape index (κ1) is 11.3. The number of nitrogens with one attached hydrogen (secondary N) is 1. The summed E-state index contributed by atoms with van der Waals surface area (Å²) in [5.41, 5.74) is 5.63. The lowest BCUT2D eigenvalue weighted by molar-refractivity contribution is 0.595. The minimum Gasteiger partial charge on any atom is -0.368 e. The number of hydrogen-bond donors (Lipinski definition) is 2. The summed E-state index contributed by atoms with van der Waals surface area (Å²) in [5, 5.41) is 2.63. The lowest BCUT2D eigenvalue weighted by Crippen LogP contribution is -2.01. The molecular weight excluding hydrogens is 226 g/mol. The predicted molar refractivity (Wildman–Crippen MR) is 60.8 cm³/mol. The van der Waals surface area contributed by atoms with Gasteiger partial charge in [-0.1, -0.05) is 0 Å². The van der Waals surface area contributed by atoms with Gasteiger partial charge in [0.15, 0.2) is 0 Å². The van der Waals surface area contributed by atoms with Gasteiger partial charge in [-0.15, -0.1) is 0 Å². The van der Waals surface area contributed by atoms with E-state index >= 15 is 0 Å². The minimum atomic E-state index is -0.555. The van der Waals surface area contributed by atoms with Crippen LogP contribution in [0.5, 0.6) is 0 Å². The standard InChI is InChI=1S/C11H10F2N4/c1-6-4-8(13)9(5-7(6)12)16-10-2-3-15-11(14)17-10/h2-5H,1H3,(H3,14,15,16,17). The summed E-state index contributed by atoms with van der Waals surface area (Å²) in [5.74, 6) is -0.681. The zero-order valence-corrected chi connectivity index (χ0v) is 9.04. The molecule has 3 N–H and O–H groups in total. The van der Waals surface area contributed by atoms with Crippen molar-refractivity contribution in [1.29, 1.82) is 0 Å². The third-order valence-corrected chi connectivity index (χ3v) is 2.19. The van der Waals surface area contributed by atoms with Gasteiger partial charge in [-0.05, 0) is 24.6 Å². The van der Waals surface area contributed by atoms with Gasteiger partial charge in [0.1, 0.15) is 17.5 Å². The molecule has 0 atom stereocenters. The summed E-state index contributed by atoms with van der Waals surface area (Å²) >= 11 is 0. The van der Waals surface area contributed by atoms with Crippen molar-refractivity contribution in [3.63, 3.8) is 0 Å². The van der Waals surface area contributed by atoms with E-state index in [1.54, 1.807) is 0 Å². The van der Waals surface area contributed by atoms with Gasteiger partial charge in [0.05, 0.1) is 5.69 Å². The number of hydrogen-bond acceptors (Lipinski definition) is 4. The Labute approximate surface area is 96.5 Å². The third-order valence-electron chi connectivity index (χ3n) is 2.19. The molecule has 0 aliphatic carbocycles. The van der Waals surface area contributed by atoms with Crippen LogP contribution in [0.2, 0.25) is 0 Å². The van der Waals surface area contributed by atoms with E-state index in [4.69, 9.17) is 5.73 Å². The summed E-state index contributed by atoms with van der Waals surface area (Å²) in [6.45, 7) is 1.49. The van der Waals surface area contributed by atoms with Crippen molar-refractivity contribution in [2.75, 3.05) is 11.1 Å². The highest BCUT2D eigenvalue weighted by Gasteiger charge is 2.08. The van der Waals surface area contributed by atoms with Crippen LogP contribution in [0.4, 0.5) is 26.2 Å². The maximum absolute atomic E-state index is 13.5. The fourth-order valence-electron chi connectivity index (χ4n) is 1.32. The van der Waals surface area contributed by atoms with Gasteiger partial charge in [-0.25, -0.2) is 13.8 Å². The summed E-state index contributed by atoms with van der Waals surface area (Å²) in [6, 6.07) is 3.69. The fraction of sp³-hybridized carbons (Fsp3) is 0.0909. The zero-order chi connectivity index (χ0) is 12.4. The summed E-state index contributed by atoms with van der Waals surface area (Å²) in [7, 11) is 0. The molecule has 4 nitrogen and oxygen atoms in total. The Kier molecular flexibility index (Phi) is 2.86. The number of nitrogen functional groups attached to an aromatic ring is 1. The van der Waals surface area contributed by atoms with Crippen molar-refractivity contribution in [2.24, 2.45) is 0 Å². The van der Waals surface area contributed by atoms with E-state index in [9.17, 15) is 8.78 Å². The van der Waals surface area contributed by atoms with Crippen LogP contribution in [0.1, 0.15) is 5.56 Å². The first-order valence-electron chi connectivity index (χ1n) is 4.87. The number of benzene rings is 1. The molecule has 0 aliphatic heterocycles. The third kappa shape index (κ3) is 2.47. The van der Waals surface area contributed by atoms with Crippen LogP contribution in [-0.4, -0.2) is 9.97 Å². The van der Waals surface area contributed by atoms with Crippen LogP contribution in [0.15, 0.2) is 24.4 Å². The number of anilines is 3. The number of aryl methyl sites for hydroxylation is 1. The average Bonchev–Trinajstić information content (AvgIpc) is 2.26. The van der Waals surface area contributed by atoms with Crippen LogP contribution >= 0.6 is 0 Å². The van der Waals surface area contributed by atoms with Crippen LogP contribution < -0.4 is 11.1 Å². The molecule has 0 unspecified atom stereocenters. The van der Waals surface area contributed by atoms with Crippen molar-refractivity contribution >= 4 is 17.5 Å². The molecule has 0 saturated heterocycles. The molecular formula is C11H10F2N4. The molecule has 2 aromatic rings. The number of aromatic nitrogens is 2. The van der Waals surface area contributed by atoms with Gasteiger partial charge in [0, 0.05) is 12.3 Å². The Morgan fingerprint density at radius 3 is 2.71 bits per heavy atom. The van der Waals surface area contributed by atoms with Crippen molar-refractivity contribution in [3.8, 4) is 0 Å². The monoisotopic (exact) mass is 236 g/mol. The molecule has 0 fully saturated rings. The smallest absolute Gasteiger partial charge is 0.221 e. The van der Waals surface area contributed by atoms with E-state index in [0.717, 1.165) is 12.1 Å². The second-order valence-electron chi connectivity index (χ2n) is 3.51. The van der Waals surface area contributed by atoms with E-state index in [1.165, 1.54) is 19.2 Å². The van der Waals surface area contributed by atoms with Crippen molar-refractivity contribution in [2.45, 2.75) is 6.92 Å². The molecule has 0 amide bonds. The quantitative estimate of drug-likeness (QED) is 0.840. The molecule has 6 heteroatoms. The molecule has 0 bridgehead atoms. The Hall–Kier alpha value is -2.24. The Bertz CT molecular complexity index is 557. The van der Waals surface area contributed by atoms with E-state index in [1.807, 2.05) is 0 Å². The lowest BCUT2D eigenvalue weighted by Gasteiger charge is -2.08. The molecule has 17 heavy (non-hydrogen) atoms. The molecule has 1 aromatic carbocycles. The predicted octanol–water partition coefficient (Wildman–Crippen LogP) is 2.39. The van der Waals surface area contributed by atoms with Crippen LogP contribution in [0.25, 0.3) is 0 Å². The molecule has 0 spiro atoms. The van der Waals surface area contributed by atoms with Gasteiger partial charge in [-0.2, -0.15) is 4.98 Å². The van der Waals surface area contributed by atoms with Crippen molar-refractivity contribution < 1.29 is 8.78 Å². The Balaban J connectivity index is 2.33. The average molecular weight is 236 g/mol. The largest absolute Gasteiger partial charge is 0.368 e. The van der Waals surface area contributed by atoms with Gasteiger partial charge >= 0.3 is 0 Å². The molecule has 0 radical (unpaired) electrons.